The van der Waals surface area contributed by atoms with Crippen LogP contribution in [0.25, 0.3) is 0 Å². The summed E-state index contributed by atoms with van der Waals surface area (Å²) >= 11 is 5.91. The molecule has 0 saturated carbocycles. The highest BCUT2D eigenvalue weighted by molar-refractivity contribution is 7.92. The first-order chi connectivity index (χ1) is 19.3. The molecule has 10 heteroatoms. The molecule has 1 N–H and O–H groups in total. The fourth-order valence-corrected chi connectivity index (χ4v) is 5.22. The zero-order chi connectivity index (χ0) is 28.4. The van der Waals surface area contributed by atoms with Crippen LogP contribution in [0, 0.1) is 0 Å². The molecule has 0 fully saturated rings. The summed E-state index contributed by atoms with van der Waals surface area (Å²) in [5.41, 5.74) is 4.44. The van der Waals surface area contributed by atoms with Crippen molar-refractivity contribution in [3.8, 4) is 11.5 Å². The lowest BCUT2D eigenvalue weighted by Crippen LogP contribution is -2.39. The largest absolute Gasteiger partial charge is 0.494 e. The molecular weight excluding hydrogens is 550 g/mol. The molecule has 0 heterocycles. The van der Waals surface area contributed by atoms with Gasteiger partial charge < -0.3 is 9.47 Å². The average molecular weight is 578 g/mol. The van der Waals surface area contributed by atoms with Gasteiger partial charge in [-0.05, 0) is 90.8 Å². The van der Waals surface area contributed by atoms with E-state index in [-0.39, 0.29) is 4.90 Å². The van der Waals surface area contributed by atoms with E-state index in [2.05, 4.69) is 10.5 Å². The molecule has 0 atom stereocenters. The first-order valence-electron chi connectivity index (χ1n) is 12.4. The van der Waals surface area contributed by atoms with Crippen molar-refractivity contribution in [1.29, 1.82) is 0 Å². The van der Waals surface area contributed by atoms with Crippen LogP contribution in [0.15, 0.2) is 113 Å². The summed E-state index contributed by atoms with van der Waals surface area (Å²) in [6.45, 7) is 2.26. The van der Waals surface area contributed by atoms with Crippen LogP contribution in [0.4, 0.5) is 5.69 Å². The quantitative estimate of drug-likeness (QED) is 0.173. The number of rotatable bonds is 12. The van der Waals surface area contributed by atoms with E-state index in [1.54, 1.807) is 66.7 Å². The predicted molar refractivity (Wildman–Crippen MR) is 157 cm³/mol. The van der Waals surface area contributed by atoms with Crippen LogP contribution in [0.5, 0.6) is 11.5 Å². The third kappa shape index (κ3) is 7.84. The number of ether oxygens (including phenoxy) is 2. The molecule has 40 heavy (non-hydrogen) atoms. The molecule has 0 aliphatic carbocycles. The van der Waals surface area contributed by atoms with Crippen LogP contribution < -0.4 is 19.2 Å². The average Bonchev–Trinajstić information content (AvgIpc) is 2.97. The molecule has 4 aromatic carbocycles. The molecule has 1 amide bonds. The van der Waals surface area contributed by atoms with E-state index in [0.29, 0.717) is 35.4 Å². The Balaban J connectivity index is 1.40. The van der Waals surface area contributed by atoms with Gasteiger partial charge in [-0.15, -0.1) is 0 Å². The molecule has 0 radical (unpaired) electrons. The molecular formula is C30H28ClN3O5S. The van der Waals surface area contributed by atoms with Gasteiger partial charge in [0.1, 0.15) is 24.7 Å². The third-order valence-electron chi connectivity index (χ3n) is 5.66. The number of carbonyl (C=O) groups excluding carboxylic acids is 1. The van der Waals surface area contributed by atoms with Gasteiger partial charge in [0, 0.05) is 5.02 Å². The van der Waals surface area contributed by atoms with Gasteiger partial charge in [-0.2, -0.15) is 5.10 Å². The monoisotopic (exact) mass is 577 g/mol. The van der Waals surface area contributed by atoms with E-state index in [9.17, 15) is 13.2 Å². The molecule has 0 spiro atoms. The number of nitrogens with one attached hydrogen (secondary N) is 1. The van der Waals surface area contributed by atoms with Crippen molar-refractivity contribution >= 4 is 39.4 Å². The van der Waals surface area contributed by atoms with E-state index in [4.69, 9.17) is 21.1 Å². The lowest BCUT2D eigenvalue weighted by atomic mass is 10.2. The second-order valence-electron chi connectivity index (χ2n) is 8.53. The number of carbonyl (C=O) groups is 1. The van der Waals surface area contributed by atoms with Gasteiger partial charge in [0.25, 0.3) is 15.9 Å². The smallest absolute Gasteiger partial charge is 0.264 e. The fourth-order valence-electron chi connectivity index (χ4n) is 3.65. The highest BCUT2D eigenvalue weighted by Gasteiger charge is 2.27. The Kier molecular flexibility index (Phi) is 9.77. The van der Waals surface area contributed by atoms with Crippen molar-refractivity contribution in [2.24, 2.45) is 5.10 Å². The van der Waals surface area contributed by atoms with Gasteiger partial charge >= 0.3 is 0 Å². The molecule has 0 aromatic heterocycles. The highest BCUT2D eigenvalue weighted by atomic mass is 35.5. The minimum absolute atomic E-state index is 0.0681. The highest BCUT2D eigenvalue weighted by Crippen LogP contribution is 2.26. The SMILES string of the molecule is CCOc1ccc(N(CC(=O)N/N=C/c2ccc(OCc3ccc(Cl)cc3)cc2)S(=O)(=O)c2ccccc2)cc1. The molecule has 0 aliphatic heterocycles. The molecule has 0 aliphatic rings. The maximum atomic E-state index is 13.4. The fraction of sp³-hybridized carbons (Fsp3) is 0.133. The number of anilines is 1. The van der Waals surface area contributed by atoms with E-state index in [0.717, 1.165) is 15.4 Å². The van der Waals surface area contributed by atoms with E-state index < -0.39 is 22.5 Å². The summed E-state index contributed by atoms with van der Waals surface area (Å²) in [6, 6.07) is 29.0. The summed E-state index contributed by atoms with van der Waals surface area (Å²) < 4.78 is 39.1. The van der Waals surface area contributed by atoms with Crippen molar-refractivity contribution in [3.05, 3.63) is 119 Å². The van der Waals surface area contributed by atoms with Gasteiger partial charge in [0.15, 0.2) is 0 Å². The summed E-state index contributed by atoms with van der Waals surface area (Å²) in [6.07, 6.45) is 1.47. The Morgan fingerprint density at radius 1 is 0.875 bits per heavy atom. The zero-order valence-electron chi connectivity index (χ0n) is 21.7. The van der Waals surface area contributed by atoms with Gasteiger partial charge in [-0.1, -0.05) is 41.9 Å². The lowest BCUT2D eigenvalue weighted by molar-refractivity contribution is -0.119. The number of hydrogen-bond acceptors (Lipinski definition) is 6. The van der Waals surface area contributed by atoms with E-state index >= 15 is 0 Å². The van der Waals surface area contributed by atoms with Gasteiger partial charge in [0.05, 0.1) is 23.4 Å². The van der Waals surface area contributed by atoms with Crippen LogP contribution in [0.3, 0.4) is 0 Å². The maximum absolute atomic E-state index is 13.4. The standard InChI is InChI=1S/C30H28ClN3O5S/c1-2-38-27-18-14-26(15-19-27)34(40(36,37)29-6-4-3-5-7-29)21-30(35)33-32-20-23-10-16-28(17-11-23)39-22-24-8-12-25(31)13-9-24/h3-20H,2,21-22H2,1H3,(H,33,35)/b32-20+. The number of nitrogens with zero attached hydrogens (tertiary/aromatic N) is 2. The first-order valence-corrected chi connectivity index (χ1v) is 14.3. The number of halogens is 1. The topological polar surface area (TPSA) is 97.3 Å². The zero-order valence-corrected chi connectivity index (χ0v) is 23.3. The number of amides is 1. The second kappa shape index (κ2) is 13.6. The number of benzene rings is 4. The van der Waals surface area contributed by atoms with Crippen LogP contribution in [0.1, 0.15) is 18.1 Å². The van der Waals surface area contributed by atoms with Crippen molar-refractivity contribution in [2.45, 2.75) is 18.4 Å². The summed E-state index contributed by atoms with van der Waals surface area (Å²) in [7, 11) is -4.02. The van der Waals surface area contributed by atoms with Crippen LogP contribution >= 0.6 is 11.6 Å². The molecule has 0 bridgehead atoms. The molecule has 0 unspecified atom stereocenters. The van der Waals surface area contributed by atoms with Crippen LogP contribution in [-0.2, 0) is 21.4 Å². The molecule has 4 rings (SSSR count). The van der Waals surface area contributed by atoms with Crippen molar-refractivity contribution < 1.29 is 22.7 Å². The minimum atomic E-state index is -4.02. The molecule has 8 nitrogen and oxygen atoms in total. The first kappa shape index (κ1) is 28.7. The number of hydrogen-bond donors (Lipinski definition) is 1. The predicted octanol–water partition coefficient (Wildman–Crippen LogP) is 5.66. The van der Waals surface area contributed by atoms with Crippen molar-refractivity contribution in [1.82, 2.24) is 5.43 Å². The van der Waals surface area contributed by atoms with Gasteiger partial charge in [0.2, 0.25) is 0 Å². The summed E-state index contributed by atoms with van der Waals surface area (Å²) in [5, 5.41) is 4.66. The molecule has 0 saturated heterocycles. The Hall–Kier alpha value is -4.34. The van der Waals surface area contributed by atoms with Crippen LogP contribution in [0.2, 0.25) is 5.02 Å². The maximum Gasteiger partial charge on any atom is 0.264 e. The normalized spacial score (nSPS) is 11.2. The second-order valence-corrected chi connectivity index (χ2v) is 10.8. The summed E-state index contributed by atoms with van der Waals surface area (Å²) in [4.78, 5) is 12.8. The molecule has 4 aromatic rings. The Bertz CT molecular complexity index is 1530. The molecule has 206 valence electrons. The van der Waals surface area contributed by atoms with Crippen LogP contribution in [-0.4, -0.2) is 33.7 Å². The van der Waals surface area contributed by atoms with Gasteiger partial charge in [-0.3, -0.25) is 9.10 Å². The Labute approximate surface area is 238 Å². The van der Waals surface area contributed by atoms with Gasteiger partial charge in [-0.25, -0.2) is 13.8 Å². The number of sulfonamides is 1. The Morgan fingerprint density at radius 2 is 1.50 bits per heavy atom. The van der Waals surface area contributed by atoms with Crippen molar-refractivity contribution in [3.63, 3.8) is 0 Å². The van der Waals surface area contributed by atoms with E-state index in [1.807, 2.05) is 31.2 Å². The number of hydrazone groups is 1. The Morgan fingerprint density at radius 3 is 2.15 bits per heavy atom. The van der Waals surface area contributed by atoms with E-state index in [1.165, 1.54) is 18.3 Å². The minimum Gasteiger partial charge on any atom is -0.494 e. The van der Waals surface area contributed by atoms with Crippen molar-refractivity contribution in [2.75, 3.05) is 17.5 Å². The lowest BCUT2D eigenvalue weighted by Gasteiger charge is -2.24. The summed E-state index contributed by atoms with van der Waals surface area (Å²) in [5.74, 6) is 0.666. The third-order valence-corrected chi connectivity index (χ3v) is 7.70.